The maximum Gasteiger partial charge on any atom is 0.316 e. The van der Waals surface area contributed by atoms with E-state index in [0.29, 0.717) is 18.4 Å². The Morgan fingerprint density at radius 2 is 1.67 bits per heavy atom. The van der Waals surface area contributed by atoms with Gasteiger partial charge in [-0.15, -0.1) is 0 Å². The van der Waals surface area contributed by atoms with Gasteiger partial charge < -0.3 is 14.2 Å². The number of rotatable bonds is 7. The van der Waals surface area contributed by atoms with E-state index in [4.69, 9.17) is 14.2 Å². The van der Waals surface area contributed by atoms with Gasteiger partial charge in [0, 0.05) is 50.8 Å². The van der Waals surface area contributed by atoms with E-state index in [9.17, 15) is 13.2 Å². The van der Waals surface area contributed by atoms with Gasteiger partial charge in [0.15, 0.2) is 5.79 Å². The van der Waals surface area contributed by atoms with E-state index in [1.54, 1.807) is 31.2 Å². The summed E-state index contributed by atoms with van der Waals surface area (Å²) in [6, 6.07) is 10.4. The van der Waals surface area contributed by atoms with Gasteiger partial charge in [-0.3, -0.25) is 4.79 Å². The van der Waals surface area contributed by atoms with Crippen molar-refractivity contribution in [1.29, 1.82) is 0 Å². The molecule has 2 aromatic carbocycles. The number of carbonyl (C=O) groups excluding carboxylic acids is 1. The smallest absolute Gasteiger partial charge is 0.316 e. The number of halogens is 2. The maximum atomic E-state index is 15.5. The van der Waals surface area contributed by atoms with E-state index in [2.05, 4.69) is 0 Å². The lowest BCUT2D eigenvalue weighted by atomic mass is 9.60. The van der Waals surface area contributed by atoms with Crippen LogP contribution in [0.3, 0.4) is 0 Å². The molecular formula is C26H31F2NO6S. The summed E-state index contributed by atoms with van der Waals surface area (Å²) in [5.74, 6) is -3.46. The van der Waals surface area contributed by atoms with Crippen LogP contribution in [0.15, 0.2) is 42.5 Å². The monoisotopic (exact) mass is 523 g/mol. The molecule has 1 heterocycles. The van der Waals surface area contributed by atoms with E-state index in [1.165, 1.54) is 25.6 Å². The predicted molar refractivity (Wildman–Crippen MR) is 128 cm³/mol. The predicted octanol–water partition coefficient (Wildman–Crippen LogP) is 4.21. The fourth-order valence-corrected chi connectivity index (χ4v) is 7.66. The minimum absolute atomic E-state index is 0.0499. The summed E-state index contributed by atoms with van der Waals surface area (Å²) >= 11 is 0. The Kier molecular flexibility index (Phi) is 7.27. The number of ether oxygens (including phenoxy) is 3. The molecule has 2 aromatic rings. The molecular weight excluding hydrogens is 492 g/mol. The van der Waals surface area contributed by atoms with Crippen LogP contribution in [-0.4, -0.2) is 51.9 Å². The minimum atomic E-state index is -3.83. The second-order valence-corrected chi connectivity index (χ2v) is 11.7. The van der Waals surface area contributed by atoms with Crippen LogP contribution in [0, 0.1) is 11.6 Å². The number of hydrogen-bond acceptors (Lipinski definition) is 6. The Morgan fingerprint density at radius 3 is 2.25 bits per heavy atom. The summed E-state index contributed by atoms with van der Waals surface area (Å²) in [6.45, 7) is 1.44. The quantitative estimate of drug-likeness (QED) is 0.400. The lowest BCUT2D eigenvalue weighted by Gasteiger charge is -2.52. The average Bonchev–Trinajstić information content (AvgIpc) is 2.84. The van der Waals surface area contributed by atoms with E-state index in [0.717, 1.165) is 12.1 Å². The molecule has 36 heavy (non-hydrogen) atoms. The van der Waals surface area contributed by atoms with E-state index >= 15 is 8.78 Å². The molecule has 1 saturated carbocycles. The lowest BCUT2D eigenvalue weighted by Crippen LogP contribution is -2.61. The van der Waals surface area contributed by atoms with Crippen molar-refractivity contribution >= 4 is 16.0 Å². The van der Waals surface area contributed by atoms with Crippen LogP contribution in [-0.2, 0) is 41.0 Å². The highest BCUT2D eigenvalue weighted by molar-refractivity contribution is 7.89. The Morgan fingerprint density at radius 1 is 1.03 bits per heavy atom. The molecule has 2 aliphatic rings. The summed E-state index contributed by atoms with van der Waals surface area (Å²) in [5, 5.41) is -0.754. The average molecular weight is 524 g/mol. The third-order valence-corrected chi connectivity index (χ3v) is 10.0. The van der Waals surface area contributed by atoms with Crippen LogP contribution in [0.1, 0.15) is 54.5 Å². The highest BCUT2D eigenvalue weighted by atomic mass is 32.2. The number of nitrogens with zero attached hydrogens (tertiary/aromatic N) is 1. The van der Waals surface area contributed by atoms with Gasteiger partial charge in [0.25, 0.3) is 0 Å². The molecule has 196 valence electrons. The fourth-order valence-electron chi connectivity index (χ4n) is 5.48. The van der Waals surface area contributed by atoms with E-state index in [1.807, 2.05) is 6.07 Å². The van der Waals surface area contributed by atoms with E-state index in [-0.39, 0.29) is 36.6 Å². The van der Waals surface area contributed by atoms with Crippen molar-refractivity contribution in [1.82, 2.24) is 4.31 Å². The van der Waals surface area contributed by atoms with Gasteiger partial charge >= 0.3 is 5.97 Å². The zero-order chi connectivity index (χ0) is 26.3. The number of benzene rings is 2. The molecule has 0 bridgehead atoms. The molecule has 2 atom stereocenters. The van der Waals surface area contributed by atoms with E-state index < -0.39 is 44.1 Å². The van der Waals surface area contributed by atoms with Crippen molar-refractivity contribution in [2.24, 2.45) is 0 Å². The number of hydrogen-bond donors (Lipinski definition) is 0. The highest BCUT2D eigenvalue weighted by Crippen LogP contribution is 2.54. The summed E-state index contributed by atoms with van der Waals surface area (Å²) in [7, 11) is 0.170. The Hall–Kier alpha value is -2.40. The molecule has 0 spiro atoms. The molecule has 2 fully saturated rings. The third-order valence-electron chi connectivity index (χ3n) is 7.64. The van der Waals surface area contributed by atoms with Gasteiger partial charge in [-0.2, -0.15) is 4.31 Å². The largest absolute Gasteiger partial charge is 0.468 e. The molecule has 0 aromatic heterocycles. The summed E-state index contributed by atoms with van der Waals surface area (Å²) in [4.78, 5) is 12.7. The number of sulfonamides is 1. The molecule has 1 aliphatic heterocycles. The van der Waals surface area contributed by atoms with Gasteiger partial charge in [-0.1, -0.05) is 30.3 Å². The first kappa shape index (κ1) is 26.7. The van der Waals surface area contributed by atoms with Gasteiger partial charge in [0.1, 0.15) is 22.3 Å². The molecule has 1 aliphatic carbocycles. The number of esters is 1. The second kappa shape index (κ2) is 9.81. The van der Waals surface area contributed by atoms with Crippen LogP contribution in [0.4, 0.5) is 8.78 Å². The van der Waals surface area contributed by atoms with Gasteiger partial charge in [0.2, 0.25) is 10.0 Å². The lowest BCUT2D eigenvalue weighted by molar-refractivity contribution is -0.278. The van der Waals surface area contributed by atoms with Gasteiger partial charge in [-0.05, 0) is 37.5 Å². The molecule has 10 heteroatoms. The first-order valence-electron chi connectivity index (χ1n) is 11.8. The summed E-state index contributed by atoms with van der Waals surface area (Å²) in [5.41, 5.74) is -1.09. The molecule has 0 radical (unpaired) electrons. The Labute approximate surface area is 210 Å². The van der Waals surface area contributed by atoms with Gasteiger partial charge in [0.05, 0.1) is 7.11 Å². The molecule has 0 unspecified atom stereocenters. The Bertz CT molecular complexity index is 1220. The van der Waals surface area contributed by atoms with Crippen LogP contribution in [0.5, 0.6) is 0 Å². The molecule has 4 rings (SSSR count). The molecule has 0 N–H and O–H groups in total. The van der Waals surface area contributed by atoms with Crippen molar-refractivity contribution in [3.8, 4) is 0 Å². The normalized spacial score (nSPS) is 24.6. The second-order valence-electron chi connectivity index (χ2n) is 9.59. The first-order chi connectivity index (χ1) is 17.0. The van der Waals surface area contributed by atoms with Crippen LogP contribution in [0.2, 0.25) is 0 Å². The number of methoxy groups -OCH3 is 3. The summed E-state index contributed by atoms with van der Waals surface area (Å²) < 4.78 is 74.7. The first-order valence-corrected chi connectivity index (χ1v) is 13.3. The maximum absolute atomic E-state index is 15.5. The van der Waals surface area contributed by atoms with Crippen molar-refractivity contribution in [3.63, 3.8) is 0 Å². The van der Waals surface area contributed by atoms with Crippen molar-refractivity contribution < 1.29 is 36.2 Å². The highest BCUT2D eigenvalue weighted by Gasteiger charge is 2.63. The summed E-state index contributed by atoms with van der Waals surface area (Å²) in [6.07, 6.45) is 0.933. The van der Waals surface area contributed by atoms with Crippen molar-refractivity contribution in [3.05, 3.63) is 70.8 Å². The Balaban J connectivity index is 1.67. The van der Waals surface area contributed by atoms with Crippen LogP contribution in [0.25, 0.3) is 0 Å². The molecule has 1 saturated heterocycles. The minimum Gasteiger partial charge on any atom is -0.468 e. The topological polar surface area (TPSA) is 82.1 Å². The zero-order valence-corrected chi connectivity index (χ0v) is 21.6. The van der Waals surface area contributed by atoms with Crippen LogP contribution < -0.4 is 0 Å². The number of carbonyl (C=O) groups is 1. The zero-order valence-electron chi connectivity index (χ0n) is 20.8. The fraction of sp³-hybridized carbons (Fsp3) is 0.500. The molecule has 7 nitrogen and oxygen atoms in total. The third kappa shape index (κ3) is 4.34. The van der Waals surface area contributed by atoms with Crippen molar-refractivity contribution in [2.45, 2.75) is 61.6 Å². The van der Waals surface area contributed by atoms with Crippen molar-refractivity contribution in [2.75, 3.05) is 21.3 Å². The van der Waals surface area contributed by atoms with Gasteiger partial charge in [-0.25, -0.2) is 17.2 Å². The molecule has 0 amide bonds. The van der Waals surface area contributed by atoms with Crippen LogP contribution >= 0.6 is 0 Å². The standard InChI is InChI=1S/C26H31F2NO6S/c1-17-10-11-23(18-8-6-5-7-9-18)36(31,32)29(17)14-19-12-22(28)20(13-21(19)27)25(24(30)33-2)15-26(16-25,34-3)35-4/h5-9,12-13,17,23H,10-11,14-16H2,1-4H3/t17-,23+/m0/s1. The SMILES string of the molecule is COC(=O)C1(c2cc(F)c(CN3[C@@H](C)CC[C@H](c4ccccc4)S3(=O)=O)cc2F)CC(OC)(OC)C1.